The maximum atomic E-state index is 14.7. The van der Waals surface area contributed by atoms with Crippen LogP contribution in [-0.4, -0.2) is 39.4 Å². The van der Waals surface area contributed by atoms with Gasteiger partial charge in [0, 0.05) is 23.1 Å². The standard InChI is InChI=1S/C26H25F3N4O3/c1-17(26(34,14-33-16-31-15-32-33)22-6-5-21(27)10-24(22)29)8-19-12-35-25(36-13-19)7-4-20-3-2-18(11-30)9-23(20)28/h2-7,9-10,15-17,19,25,34H,8,12-14H2,1H3/b7-4+/t17-,19?,25?,26+/m0/s1. The summed E-state index contributed by atoms with van der Waals surface area (Å²) in [5, 5.41) is 24.5. The fraction of sp³-hybridized carbons (Fsp3) is 0.346. The van der Waals surface area contributed by atoms with Crippen LogP contribution in [-0.2, 0) is 21.6 Å². The molecule has 1 aromatic heterocycles. The van der Waals surface area contributed by atoms with E-state index in [9.17, 15) is 18.3 Å². The van der Waals surface area contributed by atoms with E-state index in [0.717, 1.165) is 18.2 Å². The molecule has 4 rings (SSSR count). The van der Waals surface area contributed by atoms with Gasteiger partial charge in [0.1, 0.15) is 35.7 Å². The third-order valence-corrected chi connectivity index (χ3v) is 6.32. The van der Waals surface area contributed by atoms with Crippen LogP contribution in [0.5, 0.6) is 0 Å². The molecule has 10 heteroatoms. The summed E-state index contributed by atoms with van der Waals surface area (Å²) in [5.74, 6) is -2.70. The van der Waals surface area contributed by atoms with Crippen LogP contribution in [0.2, 0.25) is 0 Å². The third kappa shape index (κ3) is 5.82. The first-order valence-electron chi connectivity index (χ1n) is 11.4. The Kier molecular flexibility index (Phi) is 7.84. The van der Waals surface area contributed by atoms with E-state index in [1.54, 1.807) is 13.0 Å². The van der Waals surface area contributed by atoms with Crippen molar-refractivity contribution < 1.29 is 27.8 Å². The van der Waals surface area contributed by atoms with Crippen LogP contribution < -0.4 is 0 Å². The van der Waals surface area contributed by atoms with E-state index < -0.39 is 35.3 Å². The SMILES string of the molecule is C[C@@H](CC1COC(/C=C/c2ccc(C#N)cc2F)OC1)[C@](O)(Cn1cncn1)c1ccc(F)cc1F. The van der Waals surface area contributed by atoms with Gasteiger partial charge in [0.05, 0.1) is 31.4 Å². The molecular formula is C26H25F3N4O3. The summed E-state index contributed by atoms with van der Waals surface area (Å²) in [6.07, 6.45) is 5.57. The summed E-state index contributed by atoms with van der Waals surface area (Å²) >= 11 is 0. The van der Waals surface area contributed by atoms with E-state index in [0.29, 0.717) is 25.2 Å². The Labute approximate surface area is 206 Å². The average Bonchev–Trinajstić information content (AvgIpc) is 3.36. The van der Waals surface area contributed by atoms with Gasteiger partial charge in [-0.05, 0) is 36.6 Å². The summed E-state index contributed by atoms with van der Waals surface area (Å²) in [4.78, 5) is 3.88. The molecule has 1 saturated heterocycles. The van der Waals surface area contributed by atoms with Gasteiger partial charge in [-0.25, -0.2) is 22.8 Å². The highest BCUT2D eigenvalue weighted by atomic mass is 19.1. The predicted molar refractivity (Wildman–Crippen MR) is 123 cm³/mol. The lowest BCUT2D eigenvalue weighted by molar-refractivity contribution is -0.180. The normalized spacial score (nSPS) is 20.7. The molecule has 0 spiro atoms. The maximum Gasteiger partial charge on any atom is 0.177 e. The Bertz CT molecular complexity index is 1250. The summed E-state index contributed by atoms with van der Waals surface area (Å²) in [6.45, 7) is 2.31. The Hall–Kier alpha value is -3.52. The van der Waals surface area contributed by atoms with Crippen molar-refractivity contribution in [2.45, 2.75) is 31.8 Å². The Morgan fingerprint density at radius 1 is 1.19 bits per heavy atom. The first-order valence-corrected chi connectivity index (χ1v) is 11.4. The van der Waals surface area contributed by atoms with E-state index >= 15 is 0 Å². The molecule has 3 aromatic rings. The fourth-order valence-corrected chi connectivity index (χ4v) is 4.32. The number of hydrogen-bond acceptors (Lipinski definition) is 6. The highest BCUT2D eigenvalue weighted by Gasteiger charge is 2.40. The van der Waals surface area contributed by atoms with Crippen LogP contribution >= 0.6 is 0 Å². The smallest absolute Gasteiger partial charge is 0.177 e. The van der Waals surface area contributed by atoms with Crippen molar-refractivity contribution in [2.75, 3.05) is 13.2 Å². The highest BCUT2D eigenvalue weighted by Crippen LogP contribution is 2.37. The van der Waals surface area contributed by atoms with Gasteiger partial charge in [-0.3, -0.25) is 0 Å². The molecule has 2 aromatic carbocycles. The molecule has 1 aliphatic rings. The Morgan fingerprint density at radius 3 is 2.61 bits per heavy atom. The number of aliphatic hydroxyl groups is 1. The molecule has 188 valence electrons. The average molecular weight is 499 g/mol. The minimum absolute atomic E-state index is 0.0326. The number of rotatable bonds is 8. The van der Waals surface area contributed by atoms with Gasteiger partial charge in [-0.1, -0.05) is 25.1 Å². The van der Waals surface area contributed by atoms with Gasteiger partial charge in [-0.15, -0.1) is 0 Å². The first kappa shape index (κ1) is 25.6. The summed E-state index contributed by atoms with van der Waals surface area (Å²) < 4.78 is 55.2. The van der Waals surface area contributed by atoms with E-state index in [1.807, 2.05) is 6.07 Å². The maximum absolute atomic E-state index is 14.7. The number of hydrogen-bond donors (Lipinski definition) is 1. The molecule has 0 bridgehead atoms. The molecule has 2 atom stereocenters. The zero-order valence-corrected chi connectivity index (χ0v) is 19.5. The van der Waals surface area contributed by atoms with Crippen molar-refractivity contribution in [1.82, 2.24) is 14.8 Å². The molecule has 0 aliphatic carbocycles. The fourth-order valence-electron chi connectivity index (χ4n) is 4.32. The lowest BCUT2D eigenvalue weighted by atomic mass is 9.77. The molecule has 1 fully saturated rings. The molecule has 0 saturated carbocycles. The third-order valence-electron chi connectivity index (χ3n) is 6.32. The molecule has 0 radical (unpaired) electrons. The van der Waals surface area contributed by atoms with Crippen LogP contribution in [0.1, 0.15) is 30.0 Å². The van der Waals surface area contributed by atoms with Gasteiger partial charge in [0.2, 0.25) is 0 Å². The number of ether oxygens (including phenoxy) is 2. The lowest BCUT2D eigenvalue weighted by Gasteiger charge is -2.38. The van der Waals surface area contributed by atoms with E-state index in [4.69, 9.17) is 14.7 Å². The van der Waals surface area contributed by atoms with Crippen LogP contribution in [0, 0.1) is 40.6 Å². The van der Waals surface area contributed by atoms with Crippen LogP contribution in [0.3, 0.4) is 0 Å². The zero-order chi connectivity index (χ0) is 25.7. The molecule has 0 unspecified atom stereocenters. The van der Waals surface area contributed by atoms with Gasteiger partial charge in [-0.2, -0.15) is 10.4 Å². The number of aromatic nitrogens is 3. The van der Waals surface area contributed by atoms with Crippen molar-refractivity contribution >= 4 is 6.08 Å². The van der Waals surface area contributed by atoms with E-state index in [1.165, 1.54) is 41.6 Å². The van der Waals surface area contributed by atoms with Crippen molar-refractivity contribution in [2.24, 2.45) is 11.8 Å². The molecule has 2 heterocycles. The molecule has 0 amide bonds. The molecule has 7 nitrogen and oxygen atoms in total. The van der Waals surface area contributed by atoms with Crippen molar-refractivity contribution in [3.63, 3.8) is 0 Å². The minimum atomic E-state index is -1.70. The number of halogens is 3. The van der Waals surface area contributed by atoms with Crippen LogP contribution in [0.15, 0.2) is 55.1 Å². The van der Waals surface area contributed by atoms with Crippen LogP contribution in [0.25, 0.3) is 6.08 Å². The summed E-state index contributed by atoms with van der Waals surface area (Å²) in [5.41, 5.74) is -1.20. The Morgan fingerprint density at radius 2 is 1.97 bits per heavy atom. The van der Waals surface area contributed by atoms with Gasteiger partial charge in [0.15, 0.2) is 6.29 Å². The highest BCUT2D eigenvalue weighted by molar-refractivity contribution is 5.52. The summed E-state index contributed by atoms with van der Waals surface area (Å²) in [6, 6.07) is 9.16. The van der Waals surface area contributed by atoms with Gasteiger partial charge in [0.25, 0.3) is 0 Å². The molecule has 1 aliphatic heterocycles. The zero-order valence-electron chi connectivity index (χ0n) is 19.5. The van der Waals surface area contributed by atoms with Crippen molar-refractivity contribution in [1.29, 1.82) is 5.26 Å². The van der Waals surface area contributed by atoms with E-state index in [-0.39, 0.29) is 23.6 Å². The minimum Gasteiger partial charge on any atom is -0.383 e. The summed E-state index contributed by atoms with van der Waals surface area (Å²) in [7, 11) is 0. The van der Waals surface area contributed by atoms with Crippen LogP contribution in [0.4, 0.5) is 13.2 Å². The molecule has 1 N–H and O–H groups in total. The van der Waals surface area contributed by atoms with Gasteiger partial charge < -0.3 is 14.6 Å². The van der Waals surface area contributed by atoms with Crippen molar-refractivity contribution in [3.05, 3.63) is 89.3 Å². The van der Waals surface area contributed by atoms with Gasteiger partial charge >= 0.3 is 0 Å². The quantitative estimate of drug-likeness (QED) is 0.501. The molecule has 36 heavy (non-hydrogen) atoms. The van der Waals surface area contributed by atoms with Crippen molar-refractivity contribution in [3.8, 4) is 6.07 Å². The predicted octanol–water partition coefficient (Wildman–Crippen LogP) is 4.18. The first-order chi connectivity index (χ1) is 17.3. The van der Waals surface area contributed by atoms with E-state index in [2.05, 4.69) is 10.1 Å². The largest absolute Gasteiger partial charge is 0.383 e. The number of nitriles is 1. The molecular weight excluding hydrogens is 473 g/mol. The second-order valence-corrected chi connectivity index (χ2v) is 8.89. The monoisotopic (exact) mass is 498 g/mol. The number of benzene rings is 2. The lowest BCUT2D eigenvalue weighted by Crippen LogP contribution is -2.42. The second kappa shape index (κ2) is 11.0. The second-order valence-electron chi connectivity index (χ2n) is 8.89. The topological polar surface area (TPSA) is 93.2 Å². The number of nitrogens with zero attached hydrogens (tertiary/aromatic N) is 4. The Balaban J connectivity index is 1.41.